The van der Waals surface area contributed by atoms with Crippen molar-refractivity contribution in [3.05, 3.63) is 66.0 Å². The summed E-state index contributed by atoms with van der Waals surface area (Å²) in [5.41, 5.74) is 2.11. The molecule has 2 aromatic rings. The Kier molecular flexibility index (Phi) is 6.34. The third kappa shape index (κ3) is 4.63. The van der Waals surface area contributed by atoms with Crippen molar-refractivity contribution in [2.24, 2.45) is 0 Å². The zero-order valence-electron chi connectivity index (χ0n) is 12.3. The van der Waals surface area contributed by atoms with Crippen LogP contribution in [0.5, 0.6) is 0 Å². The Bertz CT molecular complexity index is 459. The van der Waals surface area contributed by atoms with Crippen LogP contribution in [0.15, 0.2) is 54.7 Å². The topological polar surface area (TPSA) is 54.4 Å². The van der Waals surface area contributed by atoms with Gasteiger partial charge in [-0.05, 0) is 24.1 Å². The van der Waals surface area contributed by atoms with E-state index in [2.05, 4.69) is 22.4 Å². The van der Waals surface area contributed by atoms with Gasteiger partial charge in [0, 0.05) is 26.0 Å². The molecule has 4 nitrogen and oxygen atoms in total. The number of rotatable bonds is 8. The van der Waals surface area contributed by atoms with Crippen LogP contribution in [0.1, 0.15) is 23.7 Å². The maximum atomic E-state index is 9.21. The number of benzene rings is 1. The van der Waals surface area contributed by atoms with E-state index < -0.39 is 0 Å². The van der Waals surface area contributed by atoms with Crippen molar-refractivity contribution in [1.82, 2.24) is 10.3 Å². The predicted molar refractivity (Wildman–Crippen MR) is 83.0 cm³/mol. The van der Waals surface area contributed by atoms with Gasteiger partial charge in [0.15, 0.2) is 0 Å². The molecule has 2 unspecified atom stereocenters. The van der Waals surface area contributed by atoms with Gasteiger partial charge in [-0.25, -0.2) is 0 Å². The van der Waals surface area contributed by atoms with E-state index in [0.29, 0.717) is 13.0 Å². The van der Waals surface area contributed by atoms with Gasteiger partial charge in [-0.2, -0.15) is 0 Å². The van der Waals surface area contributed by atoms with Gasteiger partial charge in [0.1, 0.15) is 0 Å². The second-order valence-corrected chi connectivity index (χ2v) is 4.93. The molecular formula is C17H22N2O2. The molecule has 2 atom stereocenters. The Morgan fingerprint density at radius 3 is 2.52 bits per heavy atom. The monoisotopic (exact) mass is 286 g/mol. The van der Waals surface area contributed by atoms with E-state index in [1.54, 1.807) is 13.3 Å². The van der Waals surface area contributed by atoms with Crippen molar-refractivity contribution < 1.29 is 9.84 Å². The normalized spacial score (nSPS) is 13.8. The molecule has 0 aliphatic rings. The molecule has 0 saturated heterocycles. The van der Waals surface area contributed by atoms with Crippen molar-refractivity contribution in [2.45, 2.75) is 18.5 Å². The Hall–Kier alpha value is -1.75. The fourth-order valence-corrected chi connectivity index (χ4v) is 2.35. The summed E-state index contributed by atoms with van der Waals surface area (Å²) in [5.74, 6) is 0. The van der Waals surface area contributed by atoms with Gasteiger partial charge in [-0.15, -0.1) is 0 Å². The highest BCUT2D eigenvalue weighted by Gasteiger charge is 2.19. The van der Waals surface area contributed by atoms with Crippen LogP contribution in [0.4, 0.5) is 0 Å². The molecule has 0 amide bonds. The van der Waals surface area contributed by atoms with E-state index in [1.807, 2.05) is 36.4 Å². The minimum Gasteiger partial charge on any atom is -0.396 e. The highest BCUT2D eigenvalue weighted by molar-refractivity contribution is 5.27. The minimum absolute atomic E-state index is 0.0147. The summed E-state index contributed by atoms with van der Waals surface area (Å²) in [6.07, 6.45) is 2.44. The van der Waals surface area contributed by atoms with Gasteiger partial charge in [-0.1, -0.05) is 36.4 Å². The van der Waals surface area contributed by atoms with Gasteiger partial charge in [-0.3, -0.25) is 10.3 Å². The highest BCUT2D eigenvalue weighted by Crippen LogP contribution is 2.21. The number of aliphatic hydroxyl groups excluding tert-OH is 1. The lowest BCUT2D eigenvalue weighted by Gasteiger charge is -2.25. The maximum absolute atomic E-state index is 9.21. The Morgan fingerprint density at radius 1 is 1.14 bits per heavy atom. The van der Waals surface area contributed by atoms with E-state index >= 15 is 0 Å². The number of hydrogen-bond acceptors (Lipinski definition) is 4. The SMILES string of the molecule is COCC(CCO)NC(c1ccccc1)c1ccccn1. The average Bonchev–Trinajstić information content (AvgIpc) is 2.54. The molecule has 0 radical (unpaired) electrons. The van der Waals surface area contributed by atoms with Gasteiger partial charge in [0.05, 0.1) is 18.3 Å². The number of nitrogens with one attached hydrogen (secondary N) is 1. The summed E-state index contributed by atoms with van der Waals surface area (Å²) < 4.78 is 5.24. The summed E-state index contributed by atoms with van der Waals surface area (Å²) >= 11 is 0. The number of hydrogen-bond donors (Lipinski definition) is 2. The number of pyridine rings is 1. The second-order valence-electron chi connectivity index (χ2n) is 4.93. The van der Waals surface area contributed by atoms with Crippen molar-refractivity contribution in [2.75, 3.05) is 20.3 Å². The molecule has 0 aliphatic carbocycles. The molecule has 112 valence electrons. The maximum Gasteiger partial charge on any atom is 0.0754 e. The predicted octanol–water partition coefficient (Wildman–Crippen LogP) is 2.16. The quantitative estimate of drug-likeness (QED) is 0.781. The van der Waals surface area contributed by atoms with Gasteiger partial charge >= 0.3 is 0 Å². The Labute approximate surface area is 125 Å². The van der Waals surface area contributed by atoms with Crippen molar-refractivity contribution in [3.63, 3.8) is 0 Å². The molecule has 1 aromatic heterocycles. The van der Waals surface area contributed by atoms with E-state index in [1.165, 1.54) is 0 Å². The molecule has 4 heteroatoms. The van der Waals surface area contributed by atoms with E-state index in [4.69, 9.17) is 4.74 Å². The molecule has 2 rings (SSSR count). The first-order valence-corrected chi connectivity index (χ1v) is 7.17. The lowest BCUT2D eigenvalue weighted by atomic mass is 10.0. The largest absolute Gasteiger partial charge is 0.396 e. The van der Waals surface area contributed by atoms with Gasteiger partial charge < -0.3 is 9.84 Å². The van der Waals surface area contributed by atoms with Crippen LogP contribution in [0.3, 0.4) is 0 Å². The highest BCUT2D eigenvalue weighted by atomic mass is 16.5. The summed E-state index contributed by atoms with van der Waals surface area (Å²) in [6, 6.07) is 16.2. The summed E-state index contributed by atoms with van der Waals surface area (Å²) in [5, 5.41) is 12.7. The fraction of sp³-hybridized carbons (Fsp3) is 0.353. The molecular weight excluding hydrogens is 264 g/mol. The fourth-order valence-electron chi connectivity index (χ4n) is 2.35. The van der Waals surface area contributed by atoms with Crippen LogP contribution in [-0.4, -0.2) is 36.5 Å². The number of nitrogens with zero attached hydrogens (tertiary/aromatic N) is 1. The van der Waals surface area contributed by atoms with E-state index in [-0.39, 0.29) is 18.7 Å². The number of ether oxygens (including phenoxy) is 1. The van der Waals surface area contributed by atoms with Crippen LogP contribution in [0.25, 0.3) is 0 Å². The number of aromatic nitrogens is 1. The second kappa shape index (κ2) is 8.52. The summed E-state index contributed by atoms with van der Waals surface area (Å²) in [7, 11) is 1.67. The van der Waals surface area contributed by atoms with E-state index in [0.717, 1.165) is 11.3 Å². The molecule has 0 bridgehead atoms. The molecule has 1 heterocycles. The minimum atomic E-state index is -0.0147. The number of methoxy groups -OCH3 is 1. The third-order valence-electron chi connectivity index (χ3n) is 3.36. The van der Waals surface area contributed by atoms with Crippen LogP contribution in [-0.2, 0) is 4.74 Å². The Morgan fingerprint density at radius 2 is 1.90 bits per heavy atom. The van der Waals surface area contributed by atoms with Crippen LogP contribution in [0.2, 0.25) is 0 Å². The first-order valence-electron chi connectivity index (χ1n) is 7.17. The Balaban J connectivity index is 2.24. The molecule has 0 aliphatic heterocycles. The molecule has 0 saturated carbocycles. The van der Waals surface area contributed by atoms with Crippen molar-refractivity contribution in [1.29, 1.82) is 0 Å². The van der Waals surface area contributed by atoms with Crippen molar-refractivity contribution in [3.8, 4) is 0 Å². The van der Waals surface area contributed by atoms with Crippen LogP contribution in [0, 0.1) is 0 Å². The summed E-state index contributed by atoms with van der Waals surface area (Å²) in [6.45, 7) is 0.682. The van der Waals surface area contributed by atoms with Gasteiger partial charge in [0.25, 0.3) is 0 Å². The zero-order chi connectivity index (χ0) is 14.9. The molecule has 0 spiro atoms. The third-order valence-corrected chi connectivity index (χ3v) is 3.36. The molecule has 21 heavy (non-hydrogen) atoms. The standard InChI is InChI=1S/C17H22N2O2/c1-21-13-15(10-12-20)19-17(14-7-3-2-4-8-14)16-9-5-6-11-18-16/h2-9,11,15,17,19-20H,10,12-13H2,1H3. The number of aliphatic hydroxyl groups is 1. The van der Waals surface area contributed by atoms with E-state index in [9.17, 15) is 5.11 Å². The average molecular weight is 286 g/mol. The van der Waals surface area contributed by atoms with Gasteiger partial charge in [0.2, 0.25) is 0 Å². The molecule has 1 aromatic carbocycles. The smallest absolute Gasteiger partial charge is 0.0754 e. The first-order chi connectivity index (χ1) is 10.3. The zero-order valence-corrected chi connectivity index (χ0v) is 12.3. The van der Waals surface area contributed by atoms with Crippen LogP contribution < -0.4 is 5.32 Å². The molecule has 2 N–H and O–H groups in total. The van der Waals surface area contributed by atoms with Crippen LogP contribution >= 0.6 is 0 Å². The first kappa shape index (κ1) is 15.6. The lowest BCUT2D eigenvalue weighted by Crippen LogP contribution is -2.37. The summed E-state index contributed by atoms with van der Waals surface area (Å²) in [4.78, 5) is 4.46. The molecule has 0 fully saturated rings. The van der Waals surface area contributed by atoms with Crippen molar-refractivity contribution >= 4 is 0 Å². The lowest BCUT2D eigenvalue weighted by molar-refractivity contribution is 0.144.